The summed E-state index contributed by atoms with van der Waals surface area (Å²) in [6.45, 7) is 7.19. The van der Waals surface area contributed by atoms with Gasteiger partial charge >= 0.3 is 5.97 Å². The second-order valence-corrected chi connectivity index (χ2v) is 4.91. The molecule has 0 aliphatic rings. The van der Waals surface area contributed by atoms with E-state index in [1.54, 1.807) is 11.3 Å². The van der Waals surface area contributed by atoms with E-state index in [4.69, 9.17) is 4.74 Å². The molecule has 0 aliphatic heterocycles. The summed E-state index contributed by atoms with van der Waals surface area (Å²) in [4.78, 5) is 14.0. The van der Waals surface area contributed by atoms with Crippen LogP contribution in [0.25, 0.3) is 0 Å². The third-order valence-electron chi connectivity index (χ3n) is 2.17. The van der Waals surface area contributed by atoms with Crippen LogP contribution < -0.4 is 5.32 Å². The van der Waals surface area contributed by atoms with Crippen LogP contribution in [0.15, 0.2) is 12.1 Å². The molecule has 1 N–H and O–H groups in total. The van der Waals surface area contributed by atoms with Crippen LogP contribution in [0.4, 0.5) is 0 Å². The second kappa shape index (κ2) is 6.66. The van der Waals surface area contributed by atoms with Crippen LogP contribution in [-0.2, 0) is 9.53 Å². The summed E-state index contributed by atoms with van der Waals surface area (Å²) in [7, 11) is 0. The van der Waals surface area contributed by atoms with E-state index in [0.29, 0.717) is 6.61 Å². The van der Waals surface area contributed by atoms with Gasteiger partial charge in [0.1, 0.15) is 6.04 Å². The summed E-state index contributed by atoms with van der Waals surface area (Å²) in [5.41, 5.74) is 0. The predicted octanol–water partition coefficient (Wildman–Crippen LogP) is 2.66. The lowest BCUT2D eigenvalue weighted by Gasteiger charge is -2.15. The molecule has 1 aromatic rings. The monoisotopic (exact) mass is 241 g/mol. The van der Waals surface area contributed by atoms with Gasteiger partial charge in [-0.1, -0.05) is 6.92 Å². The molecule has 3 nitrogen and oxygen atoms in total. The van der Waals surface area contributed by atoms with Crippen molar-refractivity contribution >= 4 is 17.3 Å². The lowest BCUT2D eigenvalue weighted by atomic mass is 10.2. The Balaban J connectivity index is 2.74. The van der Waals surface area contributed by atoms with E-state index in [0.717, 1.165) is 17.8 Å². The molecule has 1 atom stereocenters. The maximum Gasteiger partial charge on any atom is 0.328 e. The first-order valence-electron chi connectivity index (χ1n) is 5.65. The van der Waals surface area contributed by atoms with E-state index in [9.17, 15) is 4.79 Å². The Labute approximate surface area is 101 Å². The molecule has 1 heterocycles. The highest BCUT2D eigenvalue weighted by molar-refractivity contribution is 7.12. The first-order chi connectivity index (χ1) is 7.69. The van der Waals surface area contributed by atoms with Crippen molar-refractivity contribution in [1.82, 2.24) is 5.32 Å². The quantitative estimate of drug-likeness (QED) is 0.778. The smallest absolute Gasteiger partial charge is 0.328 e. The topological polar surface area (TPSA) is 38.3 Å². The Hall–Kier alpha value is -0.870. The average Bonchev–Trinajstić information content (AvgIpc) is 2.66. The number of ether oxygens (including phenoxy) is 1. The molecule has 0 saturated carbocycles. The van der Waals surface area contributed by atoms with Gasteiger partial charge in [-0.05, 0) is 38.9 Å². The largest absolute Gasteiger partial charge is 0.465 e. The number of carbonyl (C=O) groups excluding carboxylic acids is 1. The van der Waals surface area contributed by atoms with Gasteiger partial charge in [-0.25, -0.2) is 4.79 Å². The summed E-state index contributed by atoms with van der Waals surface area (Å²) in [6.07, 6.45) is 1.00. The van der Waals surface area contributed by atoms with E-state index in [-0.39, 0.29) is 12.0 Å². The third-order valence-corrected chi connectivity index (χ3v) is 3.23. The average molecular weight is 241 g/mol. The van der Waals surface area contributed by atoms with Crippen molar-refractivity contribution < 1.29 is 9.53 Å². The van der Waals surface area contributed by atoms with Crippen LogP contribution in [0.5, 0.6) is 0 Å². The molecular weight excluding hydrogens is 222 g/mol. The molecule has 0 aromatic carbocycles. The molecule has 16 heavy (non-hydrogen) atoms. The summed E-state index contributed by atoms with van der Waals surface area (Å²) in [5.74, 6) is -0.183. The van der Waals surface area contributed by atoms with Crippen LogP contribution in [0.3, 0.4) is 0 Å². The highest BCUT2D eigenvalue weighted by Gasteiger charge is 2.22. The van der Waals surface area contributed by atoms with E-state index in [1.807, 2.05) is 26.0 Å². The Morgan fingerprint density at radius 1 is 1.50 bits per heavy atom. The summed E-state index contributed by atoms with van der Waals surface area (Å²) in [5, 5.41) is 3.22. The van der Waals surface area contributed by atoms with Crippen molar-refractivity contribution in [3.05, 3.63) is 21.9 Å². The maximum absolute atomic E-state index is 11.8. The minimum Gasteiger partial charge on any atom is -0.465 e. The third kappa shape index (κ3) is 3.61. The molecule has 0 fully saturated rings. The van der Waals surface area contributed by atoms with Gasteiger partial charge in [0.05, 0.1) is 6.61 Å². The second-order valence-electron chi connectivity index (χ2n) is 3.59. The molecule has 0 amide bonds. The number of nitrogens with one attached hydrogen (secondary N) is 1. The highest BCUT2D eigenvalue weighted by atomic mass is 32.1. The minimum absolute atomic E-state index is 0.183. The molecule has 1 aromatic heterocycles. The first-order valence-corrected chi connectivity index (χ1v) is 6.47. The fourth-order valence-corrected chi connectivity index (χ4v) is 2.36. The number of carbonyl (C=O) groups is 1. The Kier molecular flexibility index (Phi) is 5.49. The molecule has 0 bridgehead atoms. The number of hydrogen-bond donors (Lipinski definition) is 1. The maximum atomic E-state index is 11.8. The predicted molar refractivity (Wildman–Crippen MR) is 66.7 cm³/mol. The molecule has 1 unspecified atom stereocenters. The van der Waals surface area contributed by atoms with Crippen LogP contribution >= 0.6 is 11.3 Å². The summed E-state index contributed by atoms with van der Waals surface area (Å²) in [6, 6.07) is 3.71. The van der Waals surface area contributed by atoms with Gasteiger partial charge in [-0.2, -0.15) is 0 Å². The number of esters is 1. The normalized spacial score (nSPS) is 12.4. The number of aryl methyl sites for hydroxylation is 1. The number of thiophene rings is 1. The molecule has 4 heteroatoms. The van der Waals surface area contributed by atoms with Crippen LogP contribution in [0.2, 0.25) is 0 Å². The van der Waals surface area contributed by atoms with Crippen molar-refractivity contribution in [2.45, 2.75) is 33.2 Å². The molecule has 1 rings (SSSR count). The van der Waals surface area contributed by atoms with Crippen LogP contribution in [-0.4, -0.2) is 19.1 Å². The van der Waals surface area contributed by atoms with Crippen molar-refractivity contribution in [3.63, 3.8) is 0 Å². The minimum atomic E-state index is -0.307. The standard InChI is InChI=1S/C12H19NO2S/c1-4-8-13-11(12(14)15-5-2)10-7-6-9(3)16-10/h6-7,11,13H,4-5,8H2,1-3H3. The number of rotatable bonds is 6. The fraction of sp³-hybridized carbons (Fsp3) is 0.583. The molecular formula is C12H19NO2S. The zero-order chi connectivity index (χ0) is 12.0. The molecule has 0 radical (unpaired) electrons. The Bertz CT molecular complexity index is 336. The van der Waals surface area contributed by atoms with E-state index in [2.05, 4.69) is 12.2 Å². The van der Waals surface area contributed by atoms with Gasteiger partial charge in [0, 0.05) is 9.75 Å². The van der Waals surface area contributed by atoms with E-state index >= 15 is 0 Å². The van der Waals surface area contributed by atoms with Crippen LogP contribution in [0.1, 0.15) is 36.1 Å². The van der Waals surface area contributed by atoms with Crippen molar-refractivity contribution in [2.75, 3.05) is 13.2 Å². The summed E-state index contributed by atoms with van der Waals surface area (Å²) < 4.78 is 5.07. The Morgan fingerprint density at radius 2 is 2.25 bits per heavy atom. The van der Waals surface area contributed by atoms with Crippen molar-refractivity contribution in [3.8, 4) is 0 Å². The molecule has 0 aliphatic carbocycles. The fourth-order valence-electron chi connectivity index (χ4n) is 1.42. The van der Waals surface area contributed by atoms with E-state index < -0.39 is 0 Å². The zero-order valence-corrected chi connectivity index (χ0v) is 10.9. The Morgan fingerprint density at radius 3 is 2.75 bits per heavy atom. The SMILES string of the molecule is CCCNC(C(=O)OCC)c1ccc(C)s1. The molecule has 0 spiro atoms. The van der Waals surface area contributed by atoms with Gasteiger partial charge in [0.25, 0.3) is 0 Å². The molecule has 0 saturated heterocycles. The van der Waals surface area contributed by atoms with Gasteiger partial charge in [-0.3, -0.25) is 0 Å². The van der Waals surface area contributed by atoms with Crippen LogP contribution in [0, 0.1) is 6.92 Å². The van der Waals surface area contributed by atoms with E-state index in [1.165, 1.54) is 4.88 Å². The zero-order valence-electron chi connectivity index (χ0n) is 10.1. The highest BCUT2D eigenvalue weighted by Crippen LogP contribution is 2.23. The molecule has 90 valence electrons. The van der Waals surface area contributed by atoms with Gasteiger partial charge in [-0.15, -0.1) is 11.3 Å². The van der Waals surface area contributed by atoms with Gasteiger partial charge < -0.3 is 10.1 Å². The van der Waals surface area contributed by atoms with Crippen molar-refractivity contribution in [2.24, 2.45) is 0 Å². The van der Waals surface area contributed by atoms with Gasteiger partial charge in [0.15, 0.2) is 0 Å². The summed E-state index contributed by atoms with van der Waals surface area (Å²) >= 11 is 1.64. The first kappa shape index (κ1) is 13.2. The lowest BCUT2D eigenvalue weighted by molar-refractivity contribution is -0.145. The number of hydrogen-bond acceptors (Lipinski definition) is 4. The van der Waals surface area contributed by atoms with Gasteiger partial charge in [0.2, 0.25) is 0 Å². The lowest BCUT2D eigenvalue weighted by Crippen LogP contribution is -2.30. The van der Waals surface area contributed by atoms with Crippen molar-refractivity contribution in [1.29, 1.82) is 0 Å².